The molecule has 0 bridgehead atoms. The molecule has 0 heterocycles. The molecule has 1 aromatic carbocycles. The fraction of sp³-hybridized carbons (Fsp3) is 0.667. The van der Waals surface area contributed by atoms with E-state index in [0.717, 1.165) is 48.2 Å². The molecule has 0 saturated heterocycles. The maximum atomic E-state index is 12.8. The maximum Gasteiger partial charge on any atom is 0.339 e. The number of carbonyl (C=O) groups is 2. The molecule has 0 spiro atoms. The molecule has 0 N–H and O–H groups in total. The van der Waals surface area contributed by atoms with Crippen molar-refractivity contribution in [3.8, 4) is 0 Å². The molecule has 0 aliphatic heterocycles. The Kier molecular flexibility index (Phi) is 9.98. The number of likely N-dealkylation sites (N-methyl/N-ethyl adjacent to an activating group) is 2. The van der Waals surface area contributed by atoms with Crippen LogP contribution in [0.25, 0.3) is 0 Å². The van der Waals surface area contributed by atoms with Gasteiger partial charge in [0.2, 0.25) is 0 Å². The van der Waals surface area contributed by atoms with Gasteiger partial charge in [0.15, 0.2) is 0 Å². The smallest absolute Gasteiger partial charge is 0.339 e. The van der Waals surface area contributed by atoms with Gasteiger partial charge >= 0.3 is 11.9 Å². The van der Waals surface area contributed by atoms with Crippen LogP contribution < -0.4 is 0 Å². The van der Waals surface area contributed by atoms with E-state index in [0.29, 0.717) is 0 Å². The van der Waals surface area contributed by atoms with Crippen LogP contribution in [0.1, 0.15) is 62.3 Å². The van der Waals surface area contributed by atoms with E-state index in [1.807, 2.05) is 13.8 Å². The molecule has 0 radical (unpaired) electrons. The Morgan fingerprint density at radius 2 is 1.03 bits per heavy atom. The topological polar surface area (TPSA) is 52.6 Å². The zero-order valence-electron chi connectivity index (χ0n) is 20.2. The summed E-state index contributed by atoms with van der Waals surface area (Å²) in [6.07, 6.45) is -0.505. The van der Waals surface area contributed by atoms with Crippen LogP contribution in [0.3, 0.4) is 0 Å². The highest BCUT2D eigenvalue weighted by molar-refractivity contribution is 6.03. The lowest BCUT2D eigenvalue weighted by molar-refractivity contribution is -0.908. The first-order valence-electron chi connectivity index (χ1n) is 11.2. The largest absolute Gasteiger partial charge is 0.453 e. The molecule has 1 aromatic rings. The number of hydrogen-bond acceptors (Lipinski definition) is 4. The van der Waals surface area contributed by atoms with E-state index >= 15 is 0 Å². The quantitative estimate of drug-likeness (QED) is 0.380. The van der Waals surface area contributed by atoms with Gasteiger partial charge in [-0.1, -0.05) is 12.1 Å². The van der Waals surface area contributed by atoms with Crippen LogP contribution in [-0.2, 0) is 9.47 Å². The molecule has 0 aliphatic rings. The number of nitrogens with zero attached hydrogens (tertiary/aromatic N) is 2. The molecule has 1 rings (SSSR count). The summed E-state index contributed by atoms with van der Waals surface area (Å²) in [6.45, 7) is 17.6. The summed E-state index contributed by atoms with van der Waals surface area (Å²) in [6, 6.07) is 6.73. The number of esters is 2. The van der Waals surface area contributed by atoms with Gasteiger partial charge in [-0.25, -0.2) is 9.59 Å². The van der Waals surface area contributed by atoms with Gasteiger partial charge in [-0.05, 0) is 53.7 Å². The van der Waals surface area contributed by atoms with Gasteiger partial charge in [-0.2, -0.15) is 0 Å². The summed E-state index contributed by atoms with van der Waals surface area (Å²) in [4.78, 5) is 25.6. The van der Waals surface area contributed by atoms with Crippen LogP contribution in [0.15, 0.2) is 24.3 Å². The summed E-state index contributed by atoms with van der Waals surface area (Å²) in [5.74, 6) is -0.964. The Hall–Kier alpha value is -1.92. The minimum absolute atomic E-state index is 0.252. The van der Waals surface area contributed by atoms with E-state index in [2.05, 4.69) is 41.8 Å². The molecule has 0 fully saturated rings. The van der Waals surface area contributed by atoms with Crippen LogP contribution in [0, 0.1) is 0 Å². The predicted molar refractivity (Wildman–Crippen MR) is 120 cm³/mol. The number of carbonyl (C=O) groups excluding carboxylic acids is 2. The Bertz CT molecular complexity index is 637. The maximum absolute atomic E-state index is 12.8. The fourth-order valence-electron chi connectivity index (χ4n) is 3.61. The van der Waals surface area contributed by atoms with Crippen molar-refractivity contribution in [2.75, 3.05) is 53.4 Å². The number of benzene rings is 1. The van der Waals surface area contributed by atoms with Crippen LogP contribution in [0.4, 0.5) is 0 Å². The Morgan fingerprint density at radius 1 is 0.733 bits per heavy atom. The molecule has 0 saturated carbocycles. The molecular formula is C24H42N2O4+2. The molecule has 170 valence electrons. The van der Waals surface area contributed by atoms with Crippen molar-refractivity contribution in [2.24, 2.45) is 0 Å². The summed E-state index contributed by atoms with van der Waals surface area (Å²) in [7, 11) is 4.30. The first kappa shape index (κ1) is 26.1. The minimum Gasteiger partial charge on any atom is -0.453 e. The third-order valence-electron chi connectivity index (χ3n) is 6.43. The zero-order valence-corrected chi connectivity index (χ0v) is 20.2. The first-order valence-corrected chi connectivity index (χ1v) is 11.2. The molecule has 2 atom stereocenters. The van der Waals surface area contributed by atoms with Gasteiger partial charge < -0.3 is 18.4 Å². The summed E-state index contributed by atoms with van der Waals surface area (Å²) < 4.78 is 13.0. The molecule has 0 aromatic heterocycles. The molecule has 0 amide bonds. The van der Waals surface area contributed by atoms with E-state index in [9.17, 15) is 9.59 Å². The molecule has 2 unspecified atom stereocenters. The van der Waals surface area contributed by atoms with Crippen molar-refractivity contribution in [2.45, 2.75) is 53.8 Å². The third-order valence-corrected chi connectivity index (χ3v) is 6.43. The minimum atomic E-state index is -0.482. The van der Waals surface area contributed by atoms with Crippen molar-refractivity contribution >= 4 is 11.9 Å². The summed E-state index contributed by atoms with van der Waals surface area (Å²) in [5.41, 5.74) is 0.513. The lowest BCUT2D eigenvalue weighted by Crippen LogP contribution is -2.49. The van der Waals surface area contributed by atoms with E-state index in [4.69, 9.17) is 9.47 Å². The highest BCUT2D eigenvalue weighted by Crippen LogP contribution is 2.16. The van der Waals surface area contributed by atoms with Gasteiger partial charge in [-0.3, -0.25) is 0 Å². The zero-order chi connectivity index (χ0) is 22.9. The predicted octanol–water partition coefficient (Wildman–Crippen LogP) is 3.75. The van der Waals surface area contributed by atoms with E-state index in [-0.39, 0.29) is 23.3 Å². The van der Waals surface area contributed by atoms with Gasteiger partial charge in [-0.15, -0.1) is 0 Å². The Labute approximate surface area is 182 Å². The molecule has 6 nitrogen and oxygen atoms in total. The molecule has 6 heteroatoms. The van der Waals surface area contributed by atoms with Crippen molar-refractivity contribution in [3.05, 3.63) is 35.4 Å². The van der Waals surface area contributed by atoms with E-state index < -0.39 is 11.9 Å². The van der Waals surface area contributed by atoms with Gasteiger partial charge in [0.25, 0.3) is 0 Å². The van der Waals surface area contributed by atoms with Crippen molar-refractivity contribution in [1.29, 1.82) is 0 Å². The van der Waals surface area contributed by atoms with Crippen molar-refractivity contribution in [3.63, 3.8) is 0 Å². The Balaban J connectivity index is 2.88. The second-order valence-electron chi connectivity index (χ2n) is 8.85. The first-order chi connectivity index (χ1) is 14.0. The van der Waals surface area contributed by atoms with Crippen LogP contribution in [-0.4, -0.2) is 86.5 Å². The van der Waals surface area contributed by atoms with Gasteiger partial charge in [0, 0.05) is 0 Å². The normalized spacial score (nSPS) is 14.1. The second-order valence-corrected chi connectivity index (χ2v) is 8.85. The van der Waals surface area contributed by atoms with Crippen LogP contribution in [0.5, 0.6) is 0 Å². The molecule has 30 heavy (non-hydrogen) atoms. The number of quaternary nitrogens is 2. The van der Waals surface area contributed by atoms with Crippen LogP contribution in [0.2, 0.25) is 0 Å². The molecule has 0 aliphatic carbocycles. The lowest BCUT2D eigenvalue weighted by atomic mass is 10.1. The van der Waals surface area contributed by atoms with Gasteiger partial charge in [0.1, 0.15) is 25.3 Å². The van der Waals surface area contributed by atoms with Gasteiger partial charge in [0.05, 0.1) is 51.4 Å². The lowest BCUT2D eigenvalue weighted by Gasteiger charge is -2.34. The Morgan fingerprint density at radius 3 is 1.30 bits per heavy atom. The standard InChI is InChI=1S/C24H42N2O4/c1-9-25(7,10-2)17-19(5)29-23(27)21-15-13-14-16-22(21)24(28)30-20(6)18-26(8,11-3)12-4/h13-16,19-20H,9-12,17-18H2,1-8H3/q+2. The fourth-order valence-corrected chi connectivity index (χ4v) is 3.61. The average molecular weight is 423 g/mol. The summed E-state index contributed by atoms with van der Waals surface area (Å²) >= 11 is 0. The summed E-state index contributed by atoms with van der Waals surface area (Å²) in [5, 5.41) is 0. The average Bonchev–Trinajstić information content (AvgIpc) is 2.73. The monoisotopic (exact) mass is 422 g/mol. The number of ether oxygens (including phenoxy) is 2. The van der Waals surface area contributed by atoms with E-state index in [1.165, 1.54) is 0 Å². The highest BCUT2D eigenvalue weighted by atomic mass is 16.6. The SMILES string of the molecule is CC[N+](C)(CC)CC(C)OC(=O)c1ccccc1C(=O)OC(C)C[N+](C)(CC)CC. The third kappa shape index (κ3) is 7.40. The van der Waals surface area contributed by atoms with Crippen molar-refractivity contribution < 1.29 is 28.0 Å². The highest BCUT2D eigenvalue weighted by Gasteiger charge is 2.27. The number of rotatable bonds is 12. The van der Waals surface area contributed by atoms with Crippen molar-refractivity contribution in [1.82, 2.24) is 0 Å². The van der Waals surface area contributed by atoms with Crippen LogP contribution >= 0.6 is 0 Å². The second kappa shape index (κ2) is 11.5. The van der Waals surface area contributed by atoms with E-state index in [1.54, 1.807) is 24.3 Å². The number of hydrogen-bond donors (Lipinski definition) is 0. The molecular weight excluding hydrogens is 380 g/mol.